The second-order valence-corrected chi connectivity index (χ2v) is 12.6. The molecule has 10 nitrogen and oxygen atoms in total. The molecule has 3 aromatic rings. The van der Waals surface area contributed by atoms with Crippen LogP contribution in [0.15, 0.2) is 78.9 Å². The van der Waals surface area contributed by atoms with Crippen molar-refractivity contribution in [2.75, 3.05) is 13.2 Å². The summed E-state index contributed by atoms with van der Waals surface area (Å²) in [6.45, 7) is 7.46. The number of imide groups is 1. The lowest BCUT2D eigenvalue weighted by atomic mass is 9.92. The highest BCUT2D eigenvalue weighted by molar-refractivity contribution is 5.99. The zero-order valence-electron chi connectivity index (χ0n) is 27.6. The summed E-state index contributed by atoms with van der Waals surface area (Å²) in [4.78, 5) is 52.9. The summed E-state index contributed by atoms with van der Waals surface area (Å²) in [7, 11) is 0. The van der Waals surface area contributed by atoms with Gasteiger partial charge in [-0.25, -0.2) is 4.79 Å². The van der Waals surface area contributed by atoms with E-state index in [1.807, 2.05) is 107 Å². The number of para-hydroxylation sites is 1. The number of rotatable bonds is 15. The average molecular weight is 643 g/mol. The van der Waals surface area contributed by atoms with Gasteiger partial charge in [0.15, 0.2) is 6.61 Å². The Hall–Kier alpha value is -4.70. The quantitative estimate of drug-likeness (QED) is 0.199. The number of aryl methyl sites for hydroxylation is 2. The van der Waals surface area contributed by atoms with Gasteiger partial charge in [0.2, 0.25) is 11.8 Å². The molecule has 4 N–H and O–H groups in total. The molecule has 47 heavy (non-hydrogen) atoms. The normalized spacial score (nSPS) is 15.7. The Bertz CT molecular complexity index is 1490. The van der Waals surface area contributed by atoms with Gasteiger partial charge in [-0.05, 0) is 61.3 Å². The Morgan fingerprint density at radius 2 is 1.47 bits per heavy atom. The molecule has 2 unspecified atom stereocenters. The predicted octanol–water partition coefficient (Wildman–Crippen LogP) is 3.85. The summed E-state index contributed by atoms with van der Waals surface area (Å²) in [5.74, 6) is -0.701. The highest BCUT2D eigenvalue weighted by atomic mass is 16.5. The van der Waals surface area contributed by atoms with E-state index in [1.54, 1.807) is 0 Å². The van der Waals surface area contributed by atoms with Crippen molar-refractivity contribution in [3.8, 4) is 5.75 Å². The number of ether oxygens (including phenoxy) is 1. The van der Waals surface area contributed by atoms with E-state index in [4.69, 9.17) is 4.74 Å². The van der Waals surface area contributed by atoms with Gasteiger partial charge < -0.3 is 25.4 Å². The third-order valence-electron chi connectivity index (χ3n) is 8.39. The Labute approximate surface area is 276 Å². The number of carbonyl (C=O) groups excluding carboxylic acids is 4. The number of amides is 5. The van der Waals surface area contributed by atoms with Crippen LogP contribution in [0.3, 0.4) is 0 Å². The number of benzene rings is 3. The van der Waals surface area contributed by atoms with Crippen LogP contribution < -0.4 is 20.7 Å². The van der Waals surface area contributed by atoms with Crippen LogP contribution in [0.5, 0.6) is 5.75 Å². The van der Waals surface area contributed by atoms with E-state index in [-0.39, 0.29) is 49.6 Å². The van der Waals surface area contributed by atoms with Gasteiger partial charge in [0.05, 0.1) is 12.1 Å². The van der Waals surface area contributed by atoms with E-state index in [0.717, 1.165) is 22.3 Å². The fourth-order valence-corrected chi connectivity index (χ4v) is 6.05. The third kappa shape index (κ3) is 10.1. The molecule has 0 saturated carbocycles. The van der Waals surface area contributed by atoms with Gasteiger partial charge >= 0.3 is 6.03 Å². The molecule has 4 atom stereocenters. The summed E-state index contributed by atoms with van der Waals surface area (Å²) in [6.07, 6.45) is -0.0176. The van der Waals surface area contributed by atoms with E-state index in [0.29, 0.717) is 18.6 Å². The number of hydrogen-bond donors (Lipinski definition) is 4. The van der Waals surface area contributed by atoms with Gasteiger partial charge in [0.1, 0.15) is 11.8 Å². The van der Waals surface area contributed by atoms with Crippen molar-refractivity contribution in [1.82, 2.24) is 20.9 Å². The standard InChI is InChI=1S/C37H46N4O6/c1-24(2)34(41-19-18-32(43)40-37(41)46)36(45)38-29(20-27-14-7-5-8-15-27)22-31(42)30(21-28-16-9-6-10-17-28)39-33(44)23-47-35-25(3)12-11-13-26(35)4/h5-17,24,29-31,34,42H,18-23H2,1-4H3,(H,38,45)(H,39,44)(H,40,43,46)/t29?,30?,31-,34-/m0/s1. The lowest BCUT2D eigenvalue weighted by molar-refractivity contribution is -0.130. The van der Waals surface area contributed by atoms with Crippen molar-refractivity contribution in [2.45, 2.75) is 77.6 Å². The third-order valence-corrected chi connectivity index (χ3v) is 8.39. The molecule has 1 heterocycles. The SMILES string of the molecule is Cc1cccc(C)c1OCC(=O)NC(Cc1ccccc1)[C@@H](O)CC(Cc1ccccc1)NC(=O)[C@H](C(C)C)N1CCC(=O)NC1=O. The lowest BCUT2D eigenvalue weighted by Crippen LogP contribution is -2.60. The maximum absolute atomic E-state index is 13.8. The maximum atomic E-state index is 13.8. The number of nitrogens with one attached hydrogen (secondary N) is 3. The number of hydrogen-bond acceptors (Lipinski definition) is 6. The van der Waals surface area contributed by atoms with Gasteiger partial charge in [-0.2, -0.15) is 0 Å². The lowest BCUT2D eigenvalue weighted by Gasteiger charge is -2.36. The summed E-state index contributed by atoms with van der Waals surface area (Å²) >= 11 is 0. The number of urea groups is 1. The summed E-state index contributed by atoms with van der Waals surface area (Å²) in [5, 5.41) is 20.1. The number of nitrogens with zero attached hydrogens (tertiary/aromatic N) is 1. The van der Waals surface area contributed by atoms with Crippen molar-refractivity contribution < 1.29 is 29.0 Å². The van der Waals surface area contributed by atoms with Crippen LogP contribution in [0, 0.1) is 19.8 Å². The molecule has 1 saturated heterocycles. The minimum absolute atomic E-state index is 0.113. The smallest absolute Gasteiger partial charge is 0.324 e. The fourth-order valence-electron chi connectivity index (χ4n) is 6.05. The van der Waals surface area contributed by atoms with Crippen molar-refractivity contribution in [1.29, 1.82) is 0 Å². The van der Waals surface area contributed by atoms with Crippen LogP contribution in [0.2, 0.25) is 0 Å². The van der Waals surface area contributed by atoms with Crippen LogP contribution >= 0.6 is 0 Å². The molecule has 1 aliphatic heterocycles. The van der Waals surface area contributed by atoms with Crippen molar-refractivity contribution in [2.24, 2.45) is 5.92 Å². The first-order valence-corrected chi connectivity index (χ1v) is 16.2. The first-order valence-electron chi connectivity index (χ1n) is 16.2. The number of aliphatic hydroxyl groups excluding tert-OH is 1. The van der Waals surface area contributed by atoms with Gasteiger partial charge in [0, 0.05) is 19.0 Å². The highest BCUT2D eigenvalue weighted by Crippen LogP contribution is 2.22. The molecule has 1 aliphatic rings. The molecular weight excluding hydrogens is 596 g/mol. The van der Waals surface area contributed by atoms with Crippen LogP contribution in [0.1, 0.15) is 48.9 Å². The maximum Gasteiger partial charge on any atom is 0.324 e. The summed E-state index contributed by atoms with van der Waals surface area (Å²) in [5.41, 5.74) is 3.73. The highest BCUT2D eigenvalue weighted by Gasteiger charge is 2.37. The molecule has 0 spiro atoms. The zero-order chi connectivity index (χ0) is 33.9. The minimum atomic E-state index is -1.04. The Morgan fingerprint density at radius 1 is 0.872 bits per heavy atom. The second kappa shape index (κ2) is 16.7. The van der Waals surface area contributed by atoms with E-state index in [1.165, 1.54) is 4.90 Å². The molecule has 10 heteroatoms. The zero-order valence-corrected chi connectivity index (χ0v) is 27.6. The van der Waals surface area contributed by atoms with E-state index in [2.05, 4.69) is 16.0 Å². The molecule has 0 aliphatic carbocycles. The van der Waals surface area contributed by atoms with Crippen molar-refractivity contribution in [3.63, 3.8) is 0 Å². The first kappa shape index (κ1) is 35.2. The second-order valence-electron chi connectivity index (χ2n) is 12.6. The molecule has 0 bridgehead atoms. The molecule has 0 aromatic heterocycles. The fraction of sp³-hybridized carbons (Fsp3) is 0.405. The molecule has 250 valence electrons. The molecule has 1 fully saturated rings. The molecular formula is C37H46N4O6. The van der Waals surface area contributed by atoms with Crippen LogP contribution in [0.25, 0.3) is 0 Å². The molecule has 0 radical (unpaired) electrons. The van der Waals surface area contributed by atoms with Gasteiger partial charge in [-0.15, -0.1) is 0 Å². The van der Waals surface area contributed by atoms with Crippen LogP contribution in [-0.2, 0) is 27.2 Å². The minimum Gasteiger partial charge on any atom is -0.483 e. The monoisotopic (exact) mass is 642 g/mol. The Balaban J connectivity index is 1.53. The first-order chi connectivity index (χ1) is 22.5. The van der Waals surface area contributed by atoms with E-state index in [9.17, 15) is 24.3 Å². The van der Waals surface area contributed by atoms with Crippen LogP contribution in [-0.4, -0.2) is 71.1 Å². The van der Waals surface area contributed by atoms with Gasteiger partial charge in [-0.3, -0.25) is 19.7 Å². The number of carbonyl (C=O) groups is 4. The van der Waals surface area contributed by atoms with E-state index >= 15 is 0 Å². The van der Waals surface area contributed by atoms with Crippen molar-refractivity contribution >= 4 is 23.8 Å². The summed E-state index contributed by atoms with van der Waals surface area (Å²) in [6, 6.07) is 22.3. The molecule has 5 amide bonds. The van der Waals surface area contributed by atoms with Gasteiger partial charge in [-0.1, -0.05) is 92.7 Å². The molecule has 3 aromatic carbocycles. The van der Waals surface area contributed by atoms with Gasteiger partial charge in [0.25, 0.3) is 5.91 Å². The summed E-state index contributed by atoms with van der Waals surface area (Å²) < 4.78 is 5.89. The Kier molecular flexibility index (Phi) is 12.5. The number of aliphatic hydroxyl groups is 1. The Morgan fingerprint density at radius 3 is 2.04 bits per heavy atom. The molecule has 4 rings (SSSR count). The average Bonchev–Trinajstić information content (AvgIpc) is 3.02. The largest absolute Gasteiger partial charge is 0.483 e. The predicted molar refractivity (Wildman–Crippen MR) is 180 cm³/mol. The topological polar surface area (TPSA) is 137 Å². The van der Waals surface area contributed by atoms with Crippen LogP contribution in [0.4, 0.5) is 4.79 Å². The van der Waals surface area contributed by atoms with E-state index < -0.39 is 30.3 Å². The van der Waals surface area contributed by atoms with Crippen molar-refractivity contribution in [3.05, 3.63) is 101 Å².